The van der Waals surface area contributed by atoms with Gasteiger partial charge in [-0.3, -0.25) is 0 Å². The molecule has 1 heterocycles. The molecule has 12 heavy (non-hydrogen) atoms. The summed E-state index contributed by atoms with van der Waals surface area (Å²) in [7, 11) is 1.88. The molecular weight excluding hydrogens is 172 g/mol. The summed E-state index contributed by atoms with van der Waals surface area (Å²) in [5.41, 5.74) is 0. The SMILES string of the molecule is C=C/C=c1/nc(Cl)n(C)/c1=C/C. The number of hydrogen-bond acceptors (Lipinski definition) is 1. The predicted octanol–water partition coefficient (Wildman–Crippen LogP) is 0.840. The number of rotatable bonds is 1. The standard InChI is InChI=1S/C9H11ClN2/c1-4-6-7-8(5-2)12(3)9(10)11-7/h4-6H,1H2,2-3H3/b7-6+,8-5+. The van der Waals surface area contributed by atoms with Gasteiger partial charge >= 0.3 is 0 Å². The van der Waals surface area contributed by atoms with Crippen LogP contribution in [0, 0.1) is 0 Å². The average Bonchev–Trinajstić information content (AvgIpc) is 2.29. The summed E-state index contributed by atoms with van der Waals surface area (Å²) in [6, 6.07) is 0. The highest BCUT2D eigenvalue weighted by atomic mass is 35.5. The van der Waals surface area contributed by atoms with Crippen molar-refractivity contribution in [2.24, 2.45) is 7.05 Å². The fourth-order valence-corrected chi connectivity index (χ4v) is 1.26. The van der Waals surface area contributed by atoms with Crippen LogP contribution in [0.4, 0.5) is 0 Å². The maximum Gasteiger partial charge on any atom is 0.203 e. The van der Waals surface area contributed by atoms with E-state index >= 15 is 0 Å². The van der Waals surface area contributed by atoms with Crippen LogP contribution in [0.1, 0.15) is 6.92 Å². The first-order chi connectivity index (χ1) is 5.70. The Labute approximate surface area is 76.5 Å². The van der Waals surface area contributed by atoms with Crippen molar-refractivity contribution in [3.8, 4) is 0 Å². The maximum atomic E-state index is 5.83. The van der Waals surface area contributed by atoms with Crippen molar-refractivity contribution in [3.05, 3.63) is 28.6 Å². The van der Waals surface area contributed by atoms with E-state index in [1.807, 2.05) is 30.7 Å². The normalized spacial score (nSPS) is 13.9. The predicted molar refractivity (Wildman–Crippen MR) is 52.3 cm³/mol. The molecule has 0 atom stereocenters. The summed E-state index contributed by atoms with van der Waals surface area (Å²) in [6.07, 6.45) is 5.50. The highest BCUT2D eigenvalue weighted by molar-refractivity contribution is 6.28. The highest BCUT2D eigenvalue weighted by Gasteiger charge is 1.97. The van der Waals surface area contributed by atoms with Gasteiger partial charge in [0.2, 0.25) is 5.28 Å². The van der Waals surface area contributed by atoms with E-state index in [-0.39, 0.29) is 0 Å². The molecule has 64 valence electrons. The topological polar surface area (TPSA) is 17.8 Å². The lowest BCUT2D eigenvalue weighted by molar-refractivity contribution is 0.881. The third kappa shape index (κ3) is 1.43. The first kappa shape index (κ1) is 9.07. The number of aromatic nitrogens is 2. The summed E-state index contributed by atoms with van der Waals surface area (Å²) in [5, 5.41) is 2.37. The number of allylic oxidation sites excluding steroid dienone is 1. The number of hydrogen-bond donors (Lipinski definition) is 0. The van der Waals surface area contributed by atoms with Crippen molar-refractivity contribution in [2.45, 2.75) is 6.92 Å². The minimum absolute atomic E-state index is 0.496. The van der Waals surface area contributed by atoms with Gasteiger partial charge in [0, 0.05) is 7.05 Å². The Morgan fingerprint density at radius 1 is 1.58 bits per heavy atom. The Morgan fingerprint density at radius 2 is 2.25 bits per heavy atom. The first-order valence-electron chi connectivity index (χ1n) is 3.68. The fraction of sp³-hybridized carbons (Fsp3) is 0.222. The van der Waals surface area contributed by atoms with Crippen molar-refractivity contribution < 1.29 is 0 Å². The zero-order valence-corrected chi connectivity index (χ0v) is 7.97. The van der Waals surface area contributed by atoms with E-state index in [1.165, 1.54) is 0 Å². The van der Waals surface area contributed by atoms with E-state index in [2.05, 4.69) is 11.6 Å². The monoisotopic (exact) mass is 182 g/mol. The Hall–Kier alpha value is -1.02. The zero-order chi connectivity index (χ0) is 9.14. The molecule has 0 saturated carbocycles. The molecule has 0 spiro atoms. The van der Waals surface area contributed by atoms with Crippen LogP contribution in [-0.4, -0.2) is 9.55 Å². The molecule has 2 nitrogen and oxygen atoms in total. The van der Waals surface area contributed by atoms with Gasteiger partial charge in [0.15, 0.2) is 0 Å². The van der Waals surface area contributed by atoms with Gasteiger partial charge in [-0.2, -0.15) is 0 Å². The molecule has 0 N–H and O–H groups in total. The van der Waals surface area contributed by atoms with Gasteiger partial charge in [-0.05, 0) is 24.6 Å². The summed E-state index contributed by atoms with van der Waals surface area (Å²) in [4.78, 5) is 4.14. The minimum atomic E-state index is 0.496. The third-order valence-corrected chi connectivity index (χ3v) is 2.00. The Bertz CT molecular complexity index is 401. The van der Waals surface area contributed by atoms with Crippen molar-refractivity contribution in [2.75, 3.05) is 0 Å². The van der Waals surface area contributed by atoms with Crippen molar-refractivity contribution in [1.29, 1.82) is 0 Å². The van der Waals surface area contributed by atoms with Gasteiger partial charge < -0.3 is 4.57 Å². The number of nitrogens with zero attached hydrogens (tertiary/aromatic N) is 2. The molecule has 0 aromatic carbocycles. The van der Waals surface area contributed by atoms with Crippen LogP contribution in [0.3, 0.4) is 0 Å². The minimum Gasteiger partial charge on any atom is -0.318 e. The van der Waals surface area contributed by atoms with Crippen LogP contribution in [0.15, 0.2) is 12.7 Å². The van der Waals surface area contributed by atoms with Gasteiger partial charge in [-0.15, -0.1) is 0 Å². The van der Waals surface area contributed by atoms with Crippen molar-refractivity contribution in [3.63, 3.8) is 0 Å². The van der Waals surface area contributed by atoms with Crippen molar-refractivity contribution >= 4 is 23.8 Å². The van der Waals surface area contributed by atoms with E-state index in [0.29, 0.717) is 5.28 Å². The van der Waals surface area contributed by atoms with Gasteiger partial charge in [0.25, 0.3) is 0 Å². The van der Waals surface area contributed by atoms with Crippen LogP contribution >= 0.6 is 11.6 Å². The summed E-state index contributed by atoms with van der Waals surface area (Å²) in [6.45, 7) is 5.56. The molecule has 0 aliphatic heterocycles. The van der Waals surface area contributed by atoms with E-state index in [1.54, 1.807) is 6.08 Å². The van der Waals surface area contributed by atoms with Crippen LogP contribution in [0.25, 0.3) is 12.2 Å². The zero-order valence-electron chi connectivity index (χ0n) is 7.21. The molecule has 1 rings (SSSR count). The van der Waals surface area contributed by atoms with Crippen LogP contribution in [0.5, 0.6) is 0 Å². The van der Waals surface area contributed by atoms with Crippen LogP contribution in [-0.2, 0) is 7.05 Å². The molecule has 1 aromatic rings. The van der Waals surface area contributed by atoms with Crippen LogP contribution in [0.2, 0.25) is 5.28 Å². The van der Waals surface area contributed by atoms with Crippen molar-refractivity contribution in [1.82, 2.24) is 9.55 Å². The molecule has 0 radical (unpaired) electrons. The lowest BCUT2D eigenvalue weighted by Crippen LogP contribution is -2.28. The van der Waals surface area contributed by atoms with E-state index in [9.17, 15) is 0 Å². The molecule has 0 unspecified atom stereocenters. The Balaban J connectivity index is 3.63. The van der Waals surface area contributed by atoms with Gasteiger partial charge in [0.05, 0.1) is 10.7 Å². The summed E-state index contributed by atoms with van der Waals surface area (Å²) >= 11 is 5.83. The van der Waals surface area contributed by atoms with Gasteiger partial charge in [-0.1, -0.05) is 18.7 Å². The van der Waals surface area contributed by atoms with Crippen LogP contribution < -0.4 is 10.7 Å². The van der Waals surface area contributed by atoms with E-state index in [4.69, 9.17) is 11.6 Å². The second-order valence-electron chi connectivity index (χ2n) is 2.40. The van der Waals surface area contributed by atoms with Gasteiger partial charge in [0.1, 0.15) is 0 Å². The summed E-state index contributed by atoms with van der Waals surface area (Å²) in [5.74, 6) is 0. The molecule has 1 aromatic heterocycles. The molecule has 0 fully saturated rings. The Kier molecular flexibility index (Phi) is 2.71. The second-order valence-corrected chi connectivity index (χ2v) is 2.74. The molecule has 0 saturated heterocycles. The molecule has 0 aliphatic carbocycles. The summed E-state index contributed by atoms with van der Waals surface area (Å²) < 4.78 is 1.83. The number of imidazole rings is 1. The maximum absolute atomic E-state index is 5.83. The average molecular weight is 183 g/mol. The third-order valence-electron chi connectivity index (χ3n) is 1.66. The lowest BCUT2D eigenvalue weighted by Gasteiger charge is -1.89. The largest absolute Gasteiger partial charge is 0.318 e. The molecular formula is C9H11ClN2. The van der Waals surface area contributed by atoms with E-state index < -0.39 is 0 Å². The lowest BCUT2D eigenvalue weighted by atomic mass is 10.4. The molecule has 0 amide bonds. The smallest absolute Gasteiger partial charge is 0.203 e. The quantitative estimate of drug-likeness (QED) is 0.630. The fourth-order valence-electron chi connectivity index (χ4n) is 1.08. The Morgan fingerprint density at radius 3 is 2.75 bits per heavy atom. The highest BCUT2D eigenvalue weighted by Crippen LogP contribution is 1.93. The number of halogens is 1. The molecule has 3 heteroatoms. The molecule has 0 bridgehead atoms. The van der Waals surface area contributed by atoms with Gasteiger partial charge in [-0.25, -0.2) is 4.98 Å². The van der Waals surface area contributed by atoms with E-state index in [0.717, 1.165) is 10.7 Å². The first-order valence-corrected chi connectivity index (χ1v) is 4.05. The second kappa shape index (κ2) is 3.59. The molecule has 0 aliphatic rings.